The van der Waals surface area contributed by atoms with Crippen LogP contribution in [0.2, 0.25) is 0 Å². The smallest absolute Gasteiger partial charge is 0.346 e. The van der Waals surface area contributed by atoms with E-state index in [1.165, 1.54) is 40.8 Å². The van der Waals surface area contributed by atoms with E-state index in [-0.39, 0.29) is 0 Å². The predicted molar refractivity (Wildman–Crippen MR) is 119 cm³/mol. The molecule has 0 spiro atoms. The van der Waals surface area contributed by atoms with Crippen LogP contribution >= 0.6 is 0 Å². The van der Waals surface area contributed by atoms with Crippen molar-refractivity contribution in [3.8, 4) is 0 Å². The summed E-state index contributed by atoms with van der Waals surface area (Å²) >= 11 is 0. The van der Waals surface area contributed by atoms with Crippen molar-refractivity contribution in [1.29, 1.82) is 0 Å². The second-order valence-electron chi connectivity index (χ2n) is 8.16. The number of aryl methyl sites for hydroxylation is 1. The Bertz CT molecular complexity index is 1270. The van der Waals surface area contributed by atoms with Crippen LogP contribution in [-0.2, 0) is 17.6 Å². The van der Waals surface area contributed by atoms with E-state index in [9.17, 15) is 9.59 Å². The van der Waals surface area contributed by atoms with Gasteiger partial charge in [-0.3, -0.25) is 0 Å². The highest BCUT2D eigenvalue weighted by molar-refractivity contribution is 6.14. The lowest BCUT2D eigenvalue weighted by molar-refractivity contribution is 0.0444. The molecular weight excluding hydrogens is 372 g/mol. The van der Waals surface area contributed by atoms with E-state index >= 15 is 0 Å². The second kappa shape index (κ2) is 7.42. The summed E-state index contributed by atoms with van der Waals surface area (Å²) in [6.07, 6.45) is 3.83. The maximum atomic E-state index is 10.8. The van der Waals surface area contributed by atoms with Crippen molar-refractivity contribution in [3.63, 3.8) is 0 Å². The highest BCUT2D eigenvalue weighted by atomic mass is 16.6. The molecule has 1 heterocycles. The first-order valence-electron chi connectivity index (χ1n) is 10.4. The molecule has 1 unspecified atom stereocenters. The highest BCUT2D eigenvalue weighted by Gasteiger charge is 2.28. The van der Waals surface area contributed by atoms with Gasteiger partial charge in [0.1, 0.15) is 0 Å². The fourth-order valence-electron chi connectivity index (χ4n) is 4.56. The molecule has 0 amide bonds. The number of ether oxygens (including phenoxy) is 1. The van der Waals surface area contributed by atoms with Crippen molar-refractivity contribution < 1.29 is 14.3 Å². The van der Waals surface area contributed by atoms with E-state index in [0.29, 0.717) is 11.1 Å². The van der Waals surface area contributed by atoms with Crippen molar-refractivity contribution >= 4 is 33.5 Å². The van der Waals surface area contributed by atoms with Gasteiger partial charge in [-0.1, -0.05) is 67.6 Å². The SMILES string of the molecule is CC1CCc2ccc3c(ccc4ccccc43)c2C1.O=C1OC(=O)c2ccccc21. The van der Waals surface area contributed by atoms with Crippen molar-refractivity contribution in [2.45, 2.75) is 26.2 Å². The molecule has 1 aliphatic heterocycles. The first kappa shape index (κ1) is 18.6. The molecule has 4 aromatic rings. The molecule has 4 aromatic carbocycles. The van der Waals surface area contributed by atoms with Gasteiger partial charge in [0.15, 0.2) is 0 Å². The first-order chi connectivity index (χ1) is 14.6. The van der Waals surface area contributed by atoms with Crippen molar-refractivity contribution in [1.82, 2.24) is 0 Å². The Balaban J connectivity index is 0.000000149. The summed E-state index contributed by atoms with van der Waals surface area (Å²) in [6, 6.07) is 24.5. The van der Waals surface area contributed by atoms with Gasteiger partial charge in [0.2, 0.25) is 0 Å². The van der Waals surface area contributed by atoms with Gasteiger partial charge >= 0.3 is 11.9 Å². The Labute approximate surface area is 175 Å². The minimum atomic E-state index is -0.550. The lowest BCUT2D eigenvalue weighted by Crippen LogP contribution is -2.11. The van der Waals surface area contributed by atoms with E-state index < -0.39 is 11.9 Å². The van der Waals surface area contributed by atoms with Gasteiger partial charge in [0.25, 0.3) is 0 Å². The Morgan fingerprint density at radius 2 is 1.40 bits per heavy atom. The average molecular weight is 394 g/mol. The van der Waals surface area contributed by atoms with Gasteiger partial charge in [-0.05, 0) is 70.0 Å². The van der Waals surface area contributed by atoms with E-state index in [4.69, 9.17) is 0 Å². The molecule has 30 heavy (non-hydrogen) atoms. The monoisotopic (exact) mass is 394 g/mol. The zero-order valence-corrected chi connectivity index (χ0v) is 16.9. The first-order valence-corrected chi connectivity index (χ1v) is 10.4. The van der Waals surface area contributed by atoms with Gasteiger partial charge in [-0.25, -0.2) is 9.59 Å². The molecule has 2 aliphatic rings. The Morgan fingerprint density at radius 3 is 2.17 bits per heavy atom. The lowest BCUT2D eigenvalue weighted by atomic mass is 9.82. The van der Waals surface area contributed by atoms with Crippen LogP contribution in [0.3, 0.4) is 0 Å². The van der Waals surface area contributed by atoms with Crippen molar-refractivity contribution in [3.05, 3.63) is 95.1 Å². The summed E-state index contributed by atoms with van der Waals surface area (Å²) in [7, 11) is 0. The molecule has 3 nitrogen and oxygen atoms in total. The standard InChI is InChI=1S/C19H18.C8H4O3/c1-13-6-7-15-9-10-17-16-5-3-2-4-14(16)8-11-18(17)19(15)12-13;9-7-5-3-1-2-4-6(5)8(10)11-7/h2-5,8-11,13H,6-7,12H2,1H3;1-4H. The molecule has 0 saturated carbocycles. The van der Waals surface area contributed by atoms with E-state index in [1.807, 2.05) is 0 Å². The number of fused-ring (bicyclic) bond motifs is 6. The number of hydrogen-bond donors (Lipinski definition) is 0. The van der Waals surface area contributed by atoms with Crippen molar-refractivity contribution in [2.24, 2.45) is 5.92 Å². The molecule has 0 bridgehead atoms. The fraction of sp³-hybridized carbons (Fsp3) is 0.185. The summed E-state index contributed by atoms with van der Waals surface area (Å²) in [6.45, 7) is 2.38. The number of esters is 2. The topological polar surface area (TPSA) is 43.4 Å². The third kappa shape index (κ3) is 3.17. The van der Waals surface area contributed by atoms with Crippen LogP contribution in [0.4, 0.5) is 0 Å². The number of benzene rings is 4. The summed E-state index contributed by atoms with van der Waals surface area (Å²) < 4.78 is 4.35. The third-order valence-electron chi connectivity index (χ3n) is 6.15. The maximum Gasteiger partial charge on any atom is 0.346 e. The Kier molecular flexibility index (Phi) is 4.59. The molecule has 0 N–H and O–H groups in total. The minimum Gasteiger partial charge on any atom is -0.386 e. The van der Waals surface area contributed by atoms with Crippen LogP contribution in [-0.4, -0.2) is 11.9 Å². The molecule has 0 saturated heterocycles. The second-order valence-corrected chi connectivity index (χ2v) is 8.16. The summed E-state index contributed by atoms with van der Waals surface area (Å²) in [5, 5.41) is 5.63. The number of rotatable bonds is 0. The summed E-state index contributed by atoms with van der Waals surface area (Å²) in [5.74, 6) is -0.277. The van der Waals surface area contributed by atoms with Gasteiger partial charge < -0.3 is 4.74 Å². The maximum absolute atomic E-state index is 10.8. The lowest BCUT2D eigenvalue weighted by Gasteiger charge is -2.23. The Hall–Kier alpha value is -3.46. The largest absolute Gasteiger partial charge is 0.386 e. The van der Waals surface area contributed by atoms with Crippen LogP contribution in [0.5, 0.6) is 0 Å². The zero-order chi connectivity index (χ0) is 20.7. The fourth-order valence-corrected chi connectivity index (χ4v) is 4.56. The van der Waals surface area contributed by atoms with Crippen LogP contribution in [0, 0.1) is 5.92 Å². The third-order valence-corrected chi connectivity index (χ3v) is 6.15. The number of carbonyl (C=O) groups is 2. The molecule has 0 fully saturated rings. The van der Waals surface area contributed by atoms with E-state index in [2.05, 4.69) is 60.2 Å². The van der Waals surface area contributed by atoms with E-state index in [0.717, 1.165) is 5.92 Å². The minimum absolute atomic E-state index is 0.359. The molecular formula is C27H22O3. The van der Waals surface area contributed by atoms with Gasteiger partial charge in [0.05, 0.1) is 11.1 Å². The van der Waals surface area contributed by atoms with Gasteiger partial charge in [-0.2, -0.15) is 0 Å². The molecule has 0 aromatic heterocycles. The van der Waals surface area contributed by atoms with Crippen LogP contribution < -0.4 is 0 Å². The highest BCUT2D eigenvalue weighted by Crippen LogP contribution is 2.34. The molecule has 6 rings (SSSR count). The van der Waals surface area contributed by atoms with Crippen LogP contribution in [0.25, 0.3) is 21.5 Å². The van der Waals surface area contributed by atoms with E-state index in [1.54, 1.807) is 35.4 Å². The molecule has 148 valence electrons. The summed E-state index contributed by atoms with van der Waals surface area (Å²) in [5.41, 5.74) is 3.89. The van der Waals surface area contributed by atoms with Crippen LogP contribution in [0.1, 0.15) is 45.2 Å². The van der Waals surface area contributed by atoms with Gasteiger partial charge in [0, 0.05) is 0 Å². The predicted octanol–water partition coefficient (Wildman–Crippen LogP) is 6.12. The number of carbonyl (C=O) groups excluding carboxylic acids is 2. The van der Waals surface area contributed by atoms with Crippen molar-refractivity contribution in [2.75, 3.05) is 0 Å². The zero-order valence-electron chi connectivity index (χ0n) is 16.9. The molecule has 3 heteroatoms. The molecule has 0 radical (unpaired) electrons. The van der Waals surface area contributed by atoms with Crippen LogP contribution in [0.15, 0.2) is 72.8 Å². The number of cyclic esters (lactones) is 2. The molecule has 1 aliphatic carbocycles. The Morgan fingerprint density at radius 1 is 0.733 bits per heavy atom. The van der Waals surface area contributed by atoms with Gasteiger partial charge in [-0.15, -0.1) is 0 Å². The average Bonchev–Trinajstić information content (AvgIpc) is 3.07. The quantitative estimate of drug-likeness (QED) is 0.205. The number of hydrogen-bond acceptors (Lipinski definition) is 3. The summed E-state index contributed by atoms with van der Waals surface area (Å²) in [4.78, 5) is 21.7. The normalized spacial score (nSPS) is 17.2. The molecule has 1 atom stereocenters.